The van der Waals surface area contributed by atoms with E-state index in [9.17, 15) is 4.79 Å². The van der Waals surface area contributed by atoms with Crippen molar-refractivity contribution in [1.29, 1.82) is 0 Å². The quantitative estimate of drug-likeness (QED) is 0.561. The fraction of sp³-hybridized carbons (Fsp3) is 0.400. The maximum absolute atomic E-state index is 11.1. The zero-order valence-corrected chi connectivity index (χ0v) is 11.6. The van der Waals surface area contributed by atoms with Gasteiger partial charge in [0.25, 0.3) is 0 Å². The molecule has 0 spiro atoms. The summed E-state index contributed by atoms with van der Waals surface area (Å²) in [4.78, 5) is 11.1. The predicted octanol–water partition coefficient (Wildman–Crippen LogP) is 2.76. The van der Waals surface area contributed by atoms with Crippen LogP contribution in [0, 0.1) is 0 Å². The second-order valence-corrected chi connectivity index (χ2v) is 3.88. The molecule has 0 heterocycles. The molecular formula is C15H20O4. The Bertz CT molecular complexity index is 438. The minimum Gasteiger partial charge on any atom is -0.493 e. The van der Waals surface area contributed by atoms with Crippen LogP contribution in [-0.4, -0.2) is 26.8 Å². The van der Waals surface area contributed by atoms with Crippen LogP contribution in [0.2, 0.25) is 0 Å². The molecule has 0 radical (unpaired) electrons. The van der Waals surface area contributed by atoms with Crippen LogP contribution in [0.3, 0.4) is 0 Å². The molecule has 1 aromatic carbocycles. The second kappa shape index (κ2) is 8.19. The maximum Gasteiger partial charge on any atom is 0.330 e. The van der Waals surface area contributed by atoms with Gasteiger partial charge in [0, 0.05) is 6.08 Å². The Labute approximate surface area is 114 Å². The number of carbonyl (C=O) groups is 1. The van der Waals surface area contributed by atoms with E-state index in [1.165, 1.54) is 6.08 Å². The summed E-state index contributed by atoms with van der Waals surface area (Å²) in [6, 6.07) is 5.81. The summed E-state index contributed by atoms with van der Waals surface area (Å²) in [6.45, 7) is 2.19. The van der Waals surface area contributed by atoms with Crippen LogP contribution >= 0.6 is 0 Å². The maximum atomic E-state index is 11.1. The van der Waals surface area contributed by atoms with Crippen molar-refractivity contribution < 1.29 is 19.0 Å². The molecule has 1 aromatic rings. The summed E-state index contributed by atoms with van der Waals surface area (Å²) in [5.41, 5.74) is 1.13. The second-order valence-electron chi connectivity index (χ2n) is 3.88. The van der Waals surface area contributed by atoms with Crippen LogP contribution in [0.25, 0.3) is 0 Å². The molecule has 0 amide bonds. The van der Waals surface area contributed by atoms with Crippen molar-refractivity contribution in [3.63, 3.8) is 0 Å². The molecule has 0 N–H and O–H groups in total. The standard InChI is InChI=1S/C15H20O4/c1-4-19-15(16)8-6-5-7-12-9-10-13(17-2)14(11-12)18-3/h6,8-11H,4-5,7H2,1-3H3/b8-6+. The van der Waals surface area contributed by atoms with Gasteiger partial charge in [-0.1, -0.05) is 12.1 Å². The fourth-order valence-electron chi connectivity index (χ4n) is 1.66. The average Bonchev–Trinajstić information content (AvgIpc) is 2.43. The van der Waals surface area contributed by atoms with E-state index in [2.05, 4.69) is 0 Å². The number of hydrogen-bond donors (Lipinski definition) is 0. The van der Waals surface area contributed by atoms with E-state index in [-0.39, 0.29) is 5.97 Å². The summed E-state index contributed by atoms with van der Waals surface area (Å²) < 4.78 is 15.2. The molecule has 0 bridgehead atoms. The van der Waals surface area contributed by atoms with Crippen LogP contribution in [-0.2, 0) is 16.0 Å². The molecule has 104 valence electrons. The molecule has 0 saturated carbocycles. The molecule has 0 aliphatic carbocycles. The summed E-state index contributed by atoms with van der Waals surface area (Å²) in [5.74, 6) is 1.14. The molecule has 19 heavy (non-hydrogen) atoms. The summed E-state index contributed by atoms with van der Waals surface area (Å²) in [5, 5.41) is 0. The number of esters is 1. The normalized spacial score (nSPS) is 10.5. The largest absolute Gasteiger partial charge is 0.493 e. The molecule has 1 rings (SSSR count). The average molecular weight is 264 g/mol. The number of allylic oxidation sites excluding steroid dienone is 1. The molecule has 0 aromatic heterocycles. The first-order chi connectivity index (χ1) is 9.21. The molecule has 4 nitrogen and oxygen atoms in total. The van der Waals surface area contributed by atoms with Crippen LogP contribution < -0.4 is 9.47 Å². The van der Waals surface area contributed by atoms with Crippen LogP contribution in [0.4, 0.5) is 0 Å². The first-order valence-corrected chi connectivity index (χ1v) is 6.25. The Balaban J connectivity index is 2.52. The summed E-state index contributed by atoms with van der Waals surface area (Å²) >= 11 is 0. The minimum atomic E-state index is -0.296. The molecule has 0 unspecified atom stereocenters. The highest BCUT2D eigenvalue weighted by molar-refractivity contribution is 5.81. The first kappa shape index (κ1) is 15.1. The van der Waals surface area contributed by atoms with Crippen molar-refractivity contribution in [2.75, 3.05) is 20.8 Å². The lowest BCUT2D eigenvalue weighted by Crippen LogP contribution is -1.98. The number of benzene rings is 1. The van der Waals surface area contributed by atoms with Gasteiger partial charge in [0.1, 0.15) is 0 Å². The van der Waals surface area contributed by atoms with Gasteiger partial charge in [-0.25, -0.2) is 4.79 Å². The number of aryl methyl sites for hydroxylation is 1. The third-order valence-corrected chi connectivity index (χ3v) is 2.59. The highest BCUT2D eigenvalue weighted by Crippen LogP contribution is 2.27. The SMILES string of the molecule is CCOC(=O)/C=C/CCc1ccc(OC)c(OC)c1. The Morgan fingerprint density at radius 2 is 1.95 bits per heavy atom. The van der Waals surface area contributed by atoms with Crippen LogP contribution in [0.1, 0.15) is 18.9 Å². The summed E-state index contributed by atoms with van der Waals surface area (Å²) in [6.07, 6.45) is 4.88. The molecular weight excluding hydrogens is 244 g/mol. The lowest BCUT2D eigenvalue weighted by atomic mass is 10.1. The Morgan fingerprint density at radius 1 is 1.21 bits per heavy atom. The van der Waals surface area contributed by atoms with E-state index >= 15 is 0 Å². The van der Waals surface area contributed by atoms with Crippen molar-refractivity contribution in [3.8, 4) is 11.5 Å². The van der Waals surface area contributed by atoms with Gasteiger partial charge in [0.2, 0.25) is 0 Å². The molecule has 0 atom stereocenters. The van der Waals surface area contributed by atoms with E-state index < -0.39 is 0 Å². The van der Waals surface area contributed by atoms with E-state index in [0.717, 1.165) is 24.2 Å². The van der Waals surface area contributed by atoms with Crippen molar-refractivity contribution in [2.45, 2.75) is 19.8 Å². The third-order valence-electron chi connectivity index (χ3n) is 2.59. The van der Waals surface area contributed by atoms with E-state index in [1.54, 1.807) is 21.1 Å². The zero-order chi connectivity index (χ0) is 14.1. The van der Waals surface area contributed by atoms with Gasteiger partial charge in [-0.05, 0) is 37.5 Å². The van der Waals surface area contributed by atoms with E-state index in [1.807, 2.05) is 24.3 Å². The number of ether oxygens (including phenoxy) is 3. The number of methoxy groups -OCH3 is 2. The van der Waals surface area contributed by atoms with Crippen molar-refractivity contribution in [3.05, 3.63) is 35.9 Å². The van der Waals surface area contributed by atoms with Crippen molar-refractivity contribution in [2.24, 2.45) is 0 Å². The molecule has 4 heteroatoms. The van der Waals surface area contributed by atoms with Crippen molar-refractivity contribution in [1.82, 2.24) is 0 Å². The molecule has 0 saturated heterocycles. The Morgan fingerprint density at radius 3 is 2.58 bits per heavy atom. The predicted molar refractivity (Wildman–Crippen MR) is 73.6 cm³/mol. The van der Waals surface area contributed by atoms with Gasteiger partial charge in [-0.3, -0.25) is 0 Å². The Kier molecular flexibility index (Phi) is 6.50. The van der Waals surface area contributed by atoms with Gasteiger partial charge in [0.05, 0.1) is 20.8 Å². The third kappa shape index (κ3) is 5.04. The van der Waals surface area contributed by atoms with E-state index in [4.69, 9.17) is 14.2 Å². The minimum absolute atomic E-state index is 0.296. The zero-order valence-electron chi connectivity index (χ0n) is 11.6. The highest BCUT2D eigenvalue weighted by Gasteiger charge is 2.03. The summed E-state index contributed by atoms with van der Waals surface area (Å²) in [7, 11) is 3.22. The molecule has 0 fully saturated rings. The topological polar surface area (TPSA) is 44.8 Å². The monoisotopic (exact) mass is 264 g/mol. The highest BCUT2D eigenvalue weighted by atomic mass is 16.5. The number of hydrogen-bond acceptors (Lipinski definition) is 4. The van der Waals surface area contributed by atoms with Crippen LogP contribution in [0.15, 0.2) is 30.4 Å². The molecule has 0 aliphatic rings. The lowest BCUT2D eigenvalue weighted by molar-refractivity contribution is -0.137. The van der Waals surface area contributed by atoms with Gasteiger partial charge < -0.3 is 14.2 Å². The van der Waals surface area contributed by atoms with E-state index in [0.29, 0.717) is 12.4 Å². The van der Waals surface area contributed by atoms with Gasteiger partial charge in [-0.2, -0.15) is 0 Å². The molecule has 0 aliphatic heterocycles. The van der Waals surface area contributed by atoms with Gasteiger partial charge in [-0.15, -0.1) is 0 Å². The van der Waals surface area contributed by atoms with Crippen LogP contribution in [0.5, 0.6) is 11.5 Å². The fourth-order valence-corrected chi connectivity index (χ4v) is 1.66. The van der Waals surface area contributed by atoms with Gasteiger partial charge in [0.15, 0.2) is 11.5 Å². The first-order valence-electron chi connectivity index (χ1n) is 6.25. The number of rotatable bonds is 7. The Hall–Kier alpha value is -1.97. The lowest BCUT2D eigenvalue weighted by Gasteiger charge is -2.08. The smallest absolute Gasteiger partial charge is 0.330 e. The van der Waals surface area contributed by atoms with Gasteiger partial charge >= 0.3 is 5.97 Å². The number of carbonyl (C=O) groups excluding carboxylic acids is 1. The van der Waals surface area contributed by atoms with Crippen molar-refractivity contribution >= 4 is 5.97 Å².